The standard InChI is InChI=1S/C24H24N6O2/c1-24(14-32-15-24)13-30(2)22(31)21-12-16-11-17(6-7-18(16)28-21)27-23-26-10-8-20(29-23)19-5-3-4-9-25-19/h3-12,28H,13-15H2,1-2H3,(H,26,27,29). The molecule has 4 aromatic rings. The van der Waals surface area contributed by atoms with Gasteiger partial charge in [-0.1, -0.05) is 13.0 Å². The first-order valence-corrected chi connectivity index (χ1v) is 10.5. The third-order valence-electron chi connectivity index (χ3n) is 5.56. The molecule has 3 aromatic heterocycles. The maximum Gasteiger partial charge on any atom is 0.270 e. The van der Waals surface area contributed by atoms with Gasteiger partial charge in [0.05, 0.1) is 24.6 Å². The zero-order chi connectivity index (χ0) is 22.1. The molecule has 1 aliphatic rings. The van der Waals surface area contributed by atoms with E-state index in [9.17, 15) is 4.79 Å². The molecule has 0 saturated carbocycles. The molecule has 0 radical (unpaired) electrons. The molecule has 1 aliphatic heterocycles. The van der Waals surface area contributed by atoms with Crippen LogP contribution in [0.3, 0.4) is 0 Å². The fourth-order valence-electron chi connectivity index (χ4n) is 3.92. The SMILES string of the molecule is CN(CC1(C)COC1)C(=O)c1cc2cc(Nc3nccc(-c4ccccn4)n3)ccc2[nH]1. The third-order valence-corrected chi connectivity index (χ3v) is 5.56. The zero-order valence-corrected chi connectivity index (χ0v) is 18.0. The second-order valence-corrected chi connectivity index (χ2v) is 8.56. The number of fused-ring (bicyclic) bond motifs is 1. The van der Waals surface area contributed by atoms with Crippen molar-refractivity contribution in [1.82, 2.24) is 24.8 Å². The molecule has 32 heavy (non-hydrogen) atoms. The van der Waals surface area contributed by atoms with E-state index in [1.54, 1.807) is 17.3 Å². The minimum atomic E-state index is -0.0322. The summed E-state index contributed by atoms with van der Waals surface area (Å²) in [4.78, 5) is 31.1. The van der Waals surface area contributed by atoms with Gasteiger partial charge in [-0.25, -0.2) is 9.97 Å². The van der Waals surface area contributed by atoms with Gasteiger partial charge < -0.3 is 19.9 Å². The molecule has 0 unspecified atom stereocenters. The molecule has 1 saturated heterocycles. The maximum absolute atomic E-state index is 12.9. The summed E-state index contributed by atoms with van der Waals surface area (Å²) in [5, 5.41) is 4.18. The smallest absolute Gasteiger partial charge is 0.270 e. The molecule has 0 spiro atoms. The summed E-state index contributed by atoms with van der Waals surface area (Å²) < 4.78 is 5.30. The third kappa shape index (κ3) is 4.04. The monoisotopic (exact) mass is 428 g/mol. The molecule has 4 heterocycles. The lowest BCUT2D eigenvalue weighted by atomic mass is 9.88. The first-order chi connectivity index (χ1) is 15.5. The number of nitrogens with one attached hydrogen (secondary N) is 2. The first-order valence-electron chi connectivity index (χ1n) is 10.5. The minimum Gasteiger partial charge on any atom is -0.380 e. The summed E-state index contributed by atoms with van der Waals surface area (Å²) in [6, 6.07) is 15.3. The van der Waals surface area contributed by atoms with Gasteiger partial charge in [-0.05, 0) is 42.5 Å². The molecular formula is C24H24N6O2. The summed E-state index contributed by atoms with van der Waals surface area (Å²) in [7, 11) is 1.83. The number of nitrogens with zero attached hydrogens (tertiary/aromatic N) is 4. The molecule has 0 bridgehead atoms. The number of pyridine rings is 1. The number of H-pyrrole nitrogens is 1. The van der Waals surface area contributed by atoms with Crippen molar-refractivity contribution in [2.75, 3.05) is 32.1 Å². The average molecular weight is 428 g/mol. The van der Waals surface area contributed by atoms with E-state index in [0.29, 0.717) is 31.4 Å². The van der Waals surface area contributed by atoms with E-state index in [-0.39, 0.29) is 11.3 Å². The van der Waals surface area contributed by atoms with Crippen molar-refractivity contribution >= 4 is 28.4 Å². The second-order valence-electron chi connectivity index (χ2n) is 8.56. The van der Waals surface area contributed by atoms with E-state index in [0.717, 1.165) is 28.0 Å². The zero-order valence-electron chi connectivity index (χ0n) is 18.0. The molecule has 162 valence electrons. The number of hydrogen-bond acceptors (Lipinski definition) is 6. The van der Waals surface area contributed by atoms with Crippen molar-refractivity contribution in [3.63, 3.8) is 0 Å². The van der Waals surface area contributed by atoms with E-state index in [1.807, 2.05) is 55.6 Å². The van der Waals surface area contributed by atoms with Crippen molar-refractivity contribution in [2.24, 2.45) is 5.41 Å². The van der Waals surface area contributed by atoms with Crippen LogP contribution in [-0.4, -0.2) is 57.5 Å². The number of carbonyl (C=O) groups excluding carboxylic acids is 1. The summed E-state index contributed by atoms with van der Waals surface area (Å²) in [6.45, 7) is 4.18. The highest BCUT2D eigenvalue weighted by Crippen LogP contribution is 2.28. The van der Waals surface area contributed by atoms with Gasteiger partial charge in [0.2, 0.25) is 5.95 Å². The number of benzene rings is 1. The molecular weight excluding hydrogens is 404 g/mol. The Morgan fingerprint density at radius 1 is 1.12 bits per heavy atom. The Hall–Kier alpha value is -3.78. The molecule has 1 aromatic carbocycles. The highest BCUT2D eigenvalue weighted by molar-refractivity contribution is 5.98. The van der Waals surface area contributed by atoms with Crippen LogP contribution in [0.15, 0.2) is 60.9 Å². The average Bonchev–Trinajstić information content (AvgIpc) is 3.21. The van der Waals surface area contributed by atoms with Crippen molar-refractivity contribution in [3.8, 4) is 11.4 Å². The van der Waals surface area contributed by atoms with E-state index >= 15 is 0 Å². The van der Waals surface area contributed by atoms with Crippen molar-refractivity contribution in [1.29, 1.82) is 0 Å². The number of amides is 1. The van der Waals surface area contributed by atoms with Crippen LogP contribution in [0.25, 0.3) is 22.3 Å². The fourth-order valence-corrected chi connectivity index (χ4v) is 3.92. The number of hydrogen-bond donors (Lipinski definition) is 2. The van der Waals surface area contributed by atoms with Gasteiger partial charge in [0, 0.05) is 48.0 Å². The number of rotatable bonds is 6. The quantitative estimate of drug-likeness (QED) is 0.484. The molecule has 1 fully saturated rings. The van der Waals surface area contributed by atoms with Gasteiger partial charge in [-0.2, -0.15) is 0 Å². The Kier molecular flexibility index (Phi) is 5.07. The predicted octanol–water partition coefficient (Wildman–Crippen LogP) is 3.87. The second kappa shape index (κ2) is 8.05. The van der Waals surface area contributed by atoms with Crippen LogP contribution >= 0.6 is 0 Å². The number of aromatic nitrogens is 4. The first kappa shape index (κ1) is 20.1. The molecule has 5 rings (SSSR count). The predicted molar refractivity (Wildman–Crippen MR) is 123 cm³/mol. The van der Waals surface area contributed by atoms with Crippen molar-refractivity contribution < 1.29 is 9.53 Å². The molecule has 2 N–H and O–H groups in total. The highest BCUT2D eigenvalue weighted by atomic mass is 16.5. The normalized spacial score (nSPS) is 14.7. The van der Waals surface area contributed by atoms with Crippen LogP contribution < -0.4 is 5.32 Å². The molecule has 0 aliphatic carbocycles. The summed E-state index contributed by atoms with van der Waals surface area (Å²) >= 11 is 0. The van der Waals surface area contributed by atoms with Crippen LogP contribution in [0.5, 0.6) is 0 Å². The Morgan fingerprint density at radius 2 is 2.00 bits per heavy atom. The van der Waals surface area contributed by atoms with Crippen LogP contribution in [0.2, 0.25) is 0 Å². The Labute approximate surface area is 185 Å². The summed E-state index contributed by atoms with van der Waals surface area (Å²) in [6.07, 6.45) is 3.44. The maximum atomic E-state index is 12.9. The van der Waals surface area contributed by atoms with Crippen LogP contribution in [0, 0.1) is 5.41 Å². The Balaban J connectivity index is 1.34. The lowest BCUT2D eigenvalue weighted by Crippen LogP contribution is -2.49. The van der Waals surface area contributed by atoms with Gasteiger partial charge in [0.25, 0.3) is 5.91 Å². The van der Waals surface area contributed by atoms with E-state index in [2.05, 4.69) is 32.2 Å². The number of anilines is 2. The van der Waals surface area contributed by atoms with Gasteiger partial charge in [-0.3, -0.25) is 9.78 Å². The Morgan fingerprint density at radius 3 is 2.75 bits per heavy atom. The van der Waals surface area contributed by atoms with Gasteiger partial charge >= 0.3 is 0 Å². The van der Waals surface area contributed by atoms with Crippen LogP contribution in [0.1, 0.15) is 17.4 Å². The van der Waals surface area contributed by atoms with Crippen LogP contribution in [-0.2, 0) is 4.74 Å². The topological polar surface area (TPSA) is 96.0 Å². The molecule has 8 heteroatoms. The lowest BCUT2D eigenvalue weighted by Gasteiger charge is -2.40. The molecule has 8 nitrogen and oxygen atoms in total. The van der Waals surface area contributed by atoms with Crippen molar-refractivity contribution in [3.05, 3.63) is 66.6 Å². The van der Waals surface area contributed by atoms with E-state index in [1.165, 1.54) is 0 Å². The minimum absolute atomic E-state index is 0.0322. The van der Waals surface area contributed by atoms with E-state index in [4.69, 9.17) is 4.74 Å². The van der Waals surface area contributed by atoms with Gasteiger partial charge in [0.1, 0.15) is 5.69 Å². The molecule has 1 amide bonds. The highest BCUT2D eigenvalue weighted by Gasteiger charge is 2.35. The largest absolute Gasteiger partial charge is 0.380 e. The Bertz CT molecular complexity index is 1270. The lowest BCUT2D eigenvalue weighted by molar-refractivity contribution is -0.109. The molecule has 0 atom stereocenters. The van der Waals surface area contributed by atoms with Gasteiger partial charge in [-0.15, -0.1) is 0 Å². The number of aromatic amines is 1. The van der Waals surface area contributed by atoms with Crippen LogP contribution in [0.4, 0.5) is 11.6 Å². The number of ether oxygens (including phenoxy) is 1. The summed E-state index contributed by atoms with van der Waals surface area (Å²) in [5.74, 6) is 0.449. The van der Waals surface area contributed by atoms with Crippen molar-refractivity contribution in [2.45, 2.75) is 6.92 Å². The fraction of sp³-hybridized carbons (Fsp3) is 0.250. The van der Waals surface area contributed by atoms with Gasteiger partial charge in [0.15, 0.2) is 0 Å². The number of carbonyl (C=O) groups is 1. The van der Waals surface area contributed by atoms with E-state index < -0.39 is 0 Å². The summed E-state index contributed by atoms with van der Waals surface area (Å²) in [5.41, 5.74) is 3.87.